The number of methoxy groups -OCH3 is 1. The second-order valence-electron chi connectivity index (χ2n) is 4.25. The highest BCUT2D eigenvalue weighted by Gasteiger charge is 2.19. The van der Waals surface area contributed by atoms with Crippen molar-refractivity contribution in [3.05, 3.63) is 40.8 Å². The van der Waals surface area contributed by atoms with E-state index in [9.17, 15) is 9.59 Å². The molecule has 7 heteroatoms. The monoisotopic (exact) mass is 328 g/mol. The fourth-order valence-corrected chi connectivity index (χ4v) is 1.65. The molecule has 1 aromatic rings. The molecule has 0 aromatic heterocycles. The van der Waals surface area contributed by atoms with Gasteiger partial charge in [-0.3, -0.25) is 0 Å². The van der Waals surface area contributed by atoms with Gasteiger partial charge in [-0.2, -0.15) is 0 Å². The van der Waals surface area contributed by atoms with Gasteiger partial charge in [0.15, 0.2) is 0 Å². The molecule has 0 radical (unpaired) electrons. The van der Waals surface area contributed by atoms with Gasteiger partial charge in [0, 0.05) is 5.02 Å². The van der Waals surface area contributed by atoms with E-state index in [1.807, 2.05) is 6.92 Å². The molecule has 22 heavy (non-hydrogen) atoms. The Labute approximate surface area is 133 Å². The molecule has 1 rings (SSSR count). The minimum atomic E-state index is -1.23. The summed E-state index contributed by atoms with van der Waals surface area (Å²) in [5.74, 6) is -2.24. The van der Waals surface area contributed by atoms with Crippen molar-refractivity contribution in [2.24, 2.45) is 0 Å². The summed E-state index contributed by atoms with van der Waals surface area (Å²) in [6.07, 6.45) is 2.64. The Morgan fingerprint density at radius 3 is 2.68 bits per heavy atom. The number of carbonyl (C=O) groups is 2. The van der Waals surface area contributed by atoms with Gasteiger partial charge in [0.1, 0.15) is 17.6 Å². The fraction of sp³-hybridized carbons (Fsp3) is 0.333. The zero-order chi connectivity index (χ0) is 16.5. The van der Waals surface area contributed by atoms with E-state index in [0.717, 1.165) is 12.7 Å². The molecule has 1 N–H and O–H groups in total. The van der Waals surface area contributed by atoms with Crippen LogP contribution in [0.2, 0.25) is 5.02 Å². The molecule has 0 aliphatic carbocycles. The van der Waals surface area contributed by atoms with Crippen LogP contribution >= 0.6 is 11.6 Å². The lowest BCUT2D eigenvalue weighted by molar-refractivity contribution is -0.141. The van der Waals surface area contributed by atoms with Gasteiger partial charge in [0.05, 0.1) is 13.7 Å². The number of hydrogen-bond acceptors (Lipinski definition) is 5. The van der Waals surface area contributed by atoms with Crippen LogP contribution in [0.15, 0.2) is 30.2 Å². The Hall–Kier alpha value is -2.21. The normalized spacial score (nSPS) is 11.0. The lowest BCUT2D eigenvalue weighted by Crippen LogP contribution is -2.15. The van der Waals surface area contributed by atoms with Gasteiger partial charge < -0.3 is 19.3 Å². The Morgan fingerprint density at radius 2 is 2.09 bits per heavy atom. The largest absolute Gasteiger partial charge is 0.500 e. The number of benzene rings is 1. The smallest absolute Gasteiger partial charge is 0.377 e. The summed E-state index contributed by atoms with van der Waals surface area (Å²) < 4.78 is 15.1. The molecule has 0 unspecified atom stereocenters. The van der Waals surface area contributed by atoms with Crippen LogP contribution in [-0.4, -0.2) is 30.8 Å². The fourth-order valence-electron chi connectivity index (χ4n) is 1.48. The number of rotatable bonds is 8. The topological polar surface area (TPSA) is 82.1 Å². The first-order valence-electron chi connectivity index (χ1n) is 6.60. The number of halogens is 1. The van der Waals surface area contributed by atoms with E-state index in [4.69, 9.17) is 30.9 Å². The number of carboxylic acids is 1. The average Bonchev–Trinajstić information content (AvgIpc) is 2.48. The van der Waals surface area contributed by atoms with E-state index in [2.05, 4.69) is 0 Å². The van der Waals surface area contributed by atoms with Gasteiger partial charge in [0.2, 0.25) is 5.76 Å². The Balaban J connectivity index is 2.95. The van der Waals surface area contributed by atoms with Crippen LogP contribution in [0.5, 0.6) is 5.75 Å². The zero-order valence-corrected chi connectivity index (χ0v) is 13.1. The first kappa shape index (κ1) is 17.8. The van der Waals surface area contributed by atoms with E-state index in [0.29, 0.717) is 6.42 Å². The third-order valence-electron chi connectivity index (χ3n) is 2.55. The van der Waals surface area contributed by atoms with Crippen LogP contribution < -0.4 is 4.74 Å². The van der Waals surface area contributed by atoms with Crippen molar-refractivity contribution in [2.45, 2.75) is 19.8 Å². The van der Waals surface area contributed by atoms with Gasteiger partial charge in [0.25, 0.3) is 0 Å². The SMILES string of the molecule is CCCCOC(=O)/C(=C\OC)Oc1ccc(Cl)cc1C(=O)O. The zero-order valence-electron chi connectivity index (χ0n) is 12.3. The highest BCUT2D eigenvalue weighted by molar-refractivity contribution is 6.31. The average molecular weight is 329 g/mol. The lowest BCUT2D eigenvalue weighted by atomic mass is 10.2. The molecule has 0 spiro atoms. The molecule has 0 fully saturated rings. The van der Waals surface area contributed by atoms with Crippen molar-refractivity contribution in [1.82, 2.24) is 0 Å². The van der Waals surface area contributed by atoms with E-state index >= 15 is 0 Å². The summed E-state index contributed by atoms with van der Waals surface area (Å²) in [6.45, 7) is 2.20. The van der Waals surface area contributed by atoms with Crippen LogP contribution in [0.25, 0.3) is 0 Å². The third-order valence-corrected chi connectivity index (χ3v) is 2.78. The molecule has 0 bridgehead atoms. The number of hydrogen-bond donors (Lipinski definition) is 1. The molecule has 1 aromatic carbocycles. The van der Waals surface area contributed by atoms with E-state index in [1.165, 1.54) is 25.3 Å². The van der Waals surface area contributed by atoms with Crippen molar-refractivity contribution >= 4 is 23.5 Å². The summed E-state index contributed by atoms with van der Waals surface area (Å²) in [5.41, 5.74) is -0.170. The number of aromatic carboxylic acids is 1. The minimum absolute atomic E-state index is 0.0346. The minimum Gasteiger partial charge on any atom is -0.500 e. The van der Waals surface area contributed by atoms with Crippen LogP contribution in [0, 0.1) is 0 Å². The van der Waals surface area contributed by atoms with Gasteiger partial charge in [-0.1, -0.05) is 24.9 Å². The second kappa shape index (κ2) is 8.94. The van der Waals surface area contributed by atoms with E-state index < -0.39 is 11.9 Å². The van der Waals surface area contributed by atoms with Gasteiger partial charge >= 0.3 is 11.9 Å². The molecule has 0 saturated heterocycles. The molecule has 0 heterocycles. The molecule has 0 aliphatic rings. The van der Waals surface area contributed by atoms with Gasteiger partial charge in [-0.25, -0.2) is 9.59 Å². The van der Waals surface area contributed by atoms with Gasteiger partial charge in [-0.15, -0.1) is 0 Å². The predicted molar refractivity (Wildman–Crippen MR) is 80.0 cm³/mol. The number of carbonyl (C=O) groups excluding carboxylic acids is 1. The van der Waals surface area contributed by atoms with E-state index in [-0.39, 0.29) is 28.7 Å². The van der Waals surface area contributed by atoms with Crippen molar-refractivity contribution in [3.63, 3.8) is 0 Å². The highest BCUT2D eigenvalue weighted by Crippen LogP contribution is 2.25. The Bertz CT molecular complexity index is 567. The maximum Gasteiger partial charge on any atom is 0.377 e. The standard InChI is InChI=1S/C15H17ClO6/c1-3-4-7-21-15(19)13(9-20-2)22-12-6-5-10(16)8-11(12)14(17)18/h5-6,8-9H,3-4,7H2,1-2H3,(H,17,18)/b13-9+. The summed E-state index contributed by atoms with van der Waals surface area (Å²) in [7, 11) is 1.34. The molecule has 0 aliphatic heterocycles. The number of ether oxygens (including phenoxy) is 3. The Morgan fingerprint density at radius 1 is 1.36 bits per heavy atom. The van der Waals surface area contributed by atoms with Crippen molar-refractivity contribution < 1.29 is 28.9 Å². The molecule has 120 valence electrons. The molecule has 6 nitrogen and oxygen atoms in total. The first-order chi connectivity index (χ1) is 10.5. The van der Waals surface area contributed by atoms with Crippen molar-refractivity contribution in [2.75, 3.05) is 13.7 Å². The second-order valence-corrected chi connectivity index (χ2v) is 4.69. The summed E-state index contributed by atoms with van der Waals surface area (Å²) >= 11 is 5.76. The Kier molecular flexibility index (Phi) is 7.25. The lowest BCUT2D eigenvalue weighted by Gasteiger charge is -2.11. The van der Waals surface area contributed by atoms with E-state index in [1.54, 1.807) is 0 Å². The van der Waals surface area contributed by atoms with Crippen LogP contribution in [0.1, 0.15) is 30.1 Å². The summed E-state index contributed by atoms with van der Waals surface area (Å²) in [6, 6.07) is 4.04. The molecule has 0 saturated carbocycles. The van der Waals surface area contributed by atoms with Crippen LogP contribution in [0.3, 0.4) is 0 Å². The number of unbranched alkanes of at least 4 members (excludes halogenated alkanes) is 1. The van der Waals surface area contributed by atoms with Crippen molar-refractivity contribution in [3.8, 4) is 5.75 Å². The highest BCUT2D eigenvalue weighted by atomic mass is 35.5. The van der Waals surface area contributed by atoms with Crippen LogP contribution in [-0.2, 0) is 14.3 Å². The molecule has 0 atom stereocenters. The quantitative estimate of drug-likeness (QED) is 0.341. The maximum atomic E-state index is 11.9. The predicted octanol–water partition coefficient (Wildman–Crippen LogP) is 3.25. The first-order valence-corrected chi connectivity index (χ1v) is 6.98. The summed E-state index contributed by atoms with van der Waals surface area (Å²) in [5, 5.41) is 9.38. The third kappa shape index (κ3) is 5.29. The van der Waals surface area contributed by atoms with Crippen molar-refractivity contribution in [1.29, 1.82) is 0 Å². The summed E-state index contributed by atoms with van der Waals surface area (Å²) in [4.78, 5) is 23.1. The molecule has 0 amide bonds. The molecular formula is C15H17ClO6. The molecular weight excluding hydrogens is 312 g/mol. The number of carboxylic acid groups (broad SMARTS) is 1. The maximum absolute atomic E-state index is 11.9. The van der Waals surface area contributed by atoms with Crippen LogP contribution in [0.4, 0.5) is 0 Å². The number of esters is 1. The van der Waals surface area contributed by atoms with Gasteiger partial charge in [-0.05, 0) is 24.6 Å².